The largest absolute Gasteiger partial charge is 0.472 e. The Labute approximate surface area is 629 Å². The number of ether oxygens (including phenoxy) is 4. The number of esters is 4. The number of aliphatic hydroxyl groups is 1. The summed E-state index contributed by atoms with van der Waals surface area (Å²) in [6, 6.07) is 0. The molecular weight excluding hydrogens is 1350 g/mol. The van der Waals surface area contributed by atoms with Crippen LogP contribution in [0.2, 0.25) is 0 Å². The normalized spacial score (nSPS) is 14.7. The lowest BCUT2D eigenvalue weighted by Gasteiger charge is -2.21. The number of allylic oxidation sites excluding steroid dienone is 26. The van der Waals surface area contributed by atoms with Gasteiger partial charge in [-0.1, -0.05) is 276 Å². The monoisotopic (exact) mass is 1490 g/mol. The minimum Gasteiger partial charge on any atom is -0.462 e. The molecule has 0 rings (SSSR count). The first-order valence-electron chi connectivity index (χ1n) is 39.7. The quantitative estimate of drug-likeness (QED) is 0.0169. The molecule has 0 bridgehead atoms. The lowest BCUT2D eigenvalue weighted by molar-refractivity contribution is -0.161. The lowest BCUT2D eigenvalue weighted by Crippen LogP contribution is -2.30. The SMILES string of the molecule is CC/C=C\C/C=C\C/C=C\C/C=C\C/C=C\C/C=C\CCC(=O)OCC(COP(=O)(O)OCC(O)COP(=O)(O)OCC(COC(=O)CCCCCCC/C=C\CCCCCCCC)OC(=O)CCCCCCC/C=C\CCCCCC)OC(=O)CCC/C=C\C/C=C\C/C=C\C/C=C\C/C=C\CC. The number of carbonyl (C=O) groups is 4. The topological polar surface area (TPSA) is 237 Å². The Kier molecular flexibility index (Phi) is 72.0. The van der Waals surface area contributed by atoms with Crippen LogP contribution in [0.3, 0.4) is 0 Å². The second-order valence-corrected chi connectivity index (χ2v) is 28.8. The fourth-order valence-electron chi connectivity index (χ4n) is 9.98. The van der Waals surface area contributed by atoms with Crippen molar-refractivity contribution in [2.24, 2.45) is 0 Å². The number of rotatable bonds is 73. The summed E-state index contributed by atoms with van der Waals surface area (Å²) in [5, 5.41) is 10.6. The number of carbonyl (C=O) groups excluding carboxylic acids is 4. The molecule has 0 aliphatic heterocycles. The molecule has 0 aromatic rings. The van der Waals surface area contributed by atoms with E-state index in [0.29, 0.717) is 38.5 Å². The molecule has 0 fully saturated rings. The Morgan fingerprint density at radius 1 is 0.279 bits per heavy atom. The van der Waals surface area contributed by atoms with Crippen LogP contribution in [0.5, 0.6) is 0 Å². The van der Waals surface area contributed by atoms with Gasteiger partial charge in [0.05, 0.1) is 26.4 Å². The van der Waals surface area contributed by atoms with Crippen molar-refractivity contribution in [1.82, 2.24) is 0 Å². The van der Waals surface area contributed by atoms with Crippen molar-refractivity contribution in [2.75, 3.05) is 39.6 Å². The summed E-state index contributed by atoms with van der Waals surface area (Å²) in [5.74, 6) is -2.37. The van der Waals surface area contributed by atoms with E-state index in [1.165, 1.54) is 64.2 Å². The molecule has 592 valence electrons. The van der Waals surface area contributed by atoms with Crippen molar-refractivity contribution in [3.05, 3.63) is 158 Å². The zero-order valence-electron chi connectivity index (χ0n) is 64.6. The molecule has 0 heterocycles. The molecule has 0 saturated heterocycles. The minimum absolute atomic E-state index is 0.00498. The molecule has 0 aromatic heterocycles. The van der Waals surface area contributed by atoms with Gasteiger partial charge in [0.1, 0.15) is 19.3 Å². The first-order valence-corrected chi connectivity index (χ1v) is 42.7. The van der Waals surface area contributed by atoms with Gasteiger partial charge in [0.15, 0.2) is 12.2 Å². The average Bonchev–Trinajstić information content (AvgIpc) is 0.911. The third kappa shape index (κ3) is 74.9. The standard InChI is InChI=1S/C85H140O17P2/c1-5-9-13-17-21-25-29-33-36-38-39-41-43-47-50-54-58-62-66-70-83(88)96-76-81(102-85(90)72-68-64-60-56-52-48-44-40-37-34-30-26-22-18-14-10-6-2)78-100-104(93,94)98-74-79(86)73-97-103(91,92)99-77-80(101-84(89)71-67-63-59-55-51-45-32-28-24-20-16-12-8-4)75-95-82(87)69-65-61-57-53-49-46-42-35-31-27-23-19-15-11-7-3/h9-10,13-14,21-22,25-26,28,32-37,39,41-42,44,47-48,50,56,58,60,62,79-81,86H,5-8,11-12,15-20,23-24,27,29-31,38,40,43,45-46,49,51-55,57,59,61,63-78H2,1-4H3,(H,91,92)(H,93,94)/b13-9-,14-10-,25-21-,26-22-,32-28-,36-33-,37-34-,41-39-,42-35-,48-44-,50-47-,60-56-,62-58-. The maximum Gasteiger partial charge on any atom is 0.472 e. The first-order chi connectivity index (χ1) is 50.7. The predicted octanol–water partition coefficient (Wildman–Crippen LogP) is 23.2. The van der Waals surface area contributed by atoms with Crippen LogP contribution in [0, 0.1) is 0 Å². The van der Waals surface area contributed by atoms with Gasteiger partial charge in [0.2, 0.25) is 0 Å². The van der Waals surface area contributed by atoms with Crippen molar-refractivity contribution in [2.45, 2.75) is 316 Å². The molecule has 0 spiro atoms. The van der Waals surface area contributed by atoms with Gasteiger partial charge in [0, 0.05) is 25.7 Å². The second-order valence-electron chi connectivity index (χ2n) is 25.9. The van der Waals surface area contributed by atoms with Crippen molar-refractivity contribution >= 4 is 39.5 Å². The Hall–Kier alpha value is -5.32. The number of unbranched alkanes of at least 4 members (excludes halogenated alkanes) is 21. The van der Waals surface area contributed by atoms with Crippen LogP contribution in [0.25, 0.3) is 0 Å². The molecular formula is C85H140O17P2. The summed E-state index contributed by atoms with van der Waals surface area (Å²) < 4.78 is 68.4. The second kappa shape index (κ2) is 75.9. The van der Waals surface area contributed by atoms with Crippen molar-refractivity contribution < 1.29 is 80.2 Å². The molecule has 19 heteroatoms. The maximum atomic E-state index is 13.1. The van der Waals surface area contributed by atoms with E-state index in [1.54, 1.807) is 0 Å². The van der Waals surface area contributed by atoms with Gasteiger partial charge >= 0.3 is 39.5 Å². The Morgan fingerprint density at radius 2 is 0.529 bits per heavy atom. The van der Waals surface area contributed by atoms with Crippen molar-refractivity contribution in [3.8, 4) is 0 Å². The van der Waals surface area contributed by atoms with Gasteiger partial charge in [-0.3, -0.25) is 37.3 Å². The Morgan fingerprint density at radius 3 is 0.885 bits per heavy atom. The number of aliphatic hydroxyl groups excluding tert-OH is 1. The molecule has 0 radical (unpaired) electrons. The van der Waals surface area contributed by atoms with Crippen LogP contribution in [0.1, 0.15) is 297 Å². The maximum absolute atomic E-state index is 13.1. The summed E-state index contributed by atoms with van der Waals surface area (Å²) in [5.41, 5.74) is 0. The third-order valence-electron chi connectivity index (χ3n) is 16.0. The van der Waals surface area contributed by atoms with E-state index in [4.69, 9.17) is 37.0 Å². The zero-order chi connectivity index (χ0) is 76.0. The molecule has 0 saturated carbocycles. The highest BCUT2D eigenvalue weighted by molar-refractivity contribution is 7.47. The van der Waals surface area contributed by atoms with Crippen LogP contribution >= 0.6 is 15.6 Å². The molecule has 17 nitrogen and oxygen atoms in total. The smallest absolute Gasteiger partial charge is 0.462 e. The van der Waals surface area contributed by atoms with Crippen LogP contribution in [-0.2, 0) is 65.4 Å². The summed E-state index contributed by atoms with van der Waals surface area (Å²) >= 11 is 0. The van der Waals surface area contributed by atoms with Gasteiger partial charge in [-0.25, -0.2) is 9.13 Å². The Bertz CT molecular complexity index is 2590. The minimum atomic E-state index is -5.02. The molecule has 0 amide bonds. The van der Waals surface area contributed by atoms with Crippen LogP contribution in [0.4, 0.5) is 0 Å². The van der Waals surface area contributed by atoms with E-state index in [9.17, 15) is 43.2 Å². The van der Waals surface area contributed by atoms with Gasteiger partial charge < -0.3 is 33.8 Å². The molecule has 0 aliphatic rings. The number of hydrogen-bond donors (Lipinski definition) is 3. The average molecular weight is 1500 g/mol. The van der Waals surface area contributed by atoms with E-state index < -0.39 is 97.5 Å². The van der Waals surface area contributed by atoms with Gasteiger partial charge in [0.25, 0.3) is 0 Å². The van der Waals surface area contributed by atoms with Gasteiger partial charge in [-0.15, -0.1) is 0 Å². The summed E-state index contributed by atoms with van der Waals surface area (Å²) in [4.78, 5) is 72.9. The molecule has 0 aliphatic carbocycles. The van der Waals surface area contributed by atoms with E-state index >= 15 is 0 Å². The summed E-state index contributed by atoms with van der Waals surface area (Å²) in [6.07, 6.45) is 88.2. The van der Waals surface area contributed by atoms with Crippen LogP contribution in [-0.4, -0.2) is 96.7 Å². The molecule has 3 N–H and O–H groups in total. The fraction of sp³-hybridized carbons (Fsp3) is 0.647. The first kappa shape index (κ1) is 98.7. The van der Waals surface area contributed by atoms with Crippen molar-refractivity contribution in [3.63, 3.8) is 0 Å². The molecule has 0 aromatic carbocycles. The molecule has 104 heavy (non-hydrogen) atoms. The summed E-state index contributed by atoms with van der Waals surface area (Å²) in [6.45, 7) is 4.45. The number of hydrogen-bond acceptors (Lipinski definition) is 15. The van der Waals surface area contributed by atoms with E-state index in [1.807, 2.05) is 30.4 Å². The highest BCUT2D eigenvalue weighted by atomic mass is 31.2. The van der Waals surface area contributed by atoms with E-state index in [2.05, 4.69) is 155 Å². The number of phosphoric ester groups is 2. The van der Waals surface area contributed by atoms with Crippen LogP contribution < -0.4 is 0 Å². The Balaban J connectivity index is 5.50. The highest BCUT2D eigenvalue weighted by Gasteiger charge is 2.30. The van der Waals surface area contributed by atoms with Gasteiger partial charge in [-0.2, -0.15) is 0 Å². The van der Waals surface area contributed by atoms with E-state index in [-0.39, 0.29) is 25.7 Å². The fourth-order valence-corrected chi connectivity index (χ4v) is 11.6. The van der Waals surface area contributed by atoms with Crippen LogP contribution in [0.15, 0.2) is 158 Å². The number of phosphoric acid groups is 2. The van der Waals surface area contributed by atoms with E-state index in [0.717, 1.165) is 141 Å². The molecule has 5 atom stereocenters. The highest BCUT2D eigenvalue weighted by Crippen LogP contribution is 2.45. The zero-order valence-corrected chi connectivity index (χ0v) is 66.4. The lowest BCUT2D eigenvalue weighted by atomic mass is 10.1. The predicted molar refractivity (Wildman–Crippen MR) is 427 cm³/mol. The van der Waals surface area contributed by atoms with Gasteiger partial charge in [-0.05, 0) is 154 Å². The molecule has 5 unspecified atom stereocenters. The van der Waals surface area contributed by atoms with Crippen molar-refractivity contribution in [1.29, 1.82) is 0 Å². The third-order valence-corrected chi connectivity index (χ3v) is 17.9. The summed E-state index contributed by atoms with van der Waals surface area (Å²) in [7, 11) is -10.0.